The summed E-state index contributed by atoms with van der Waals surface area (Å²) >= 11 is 0. The number of hydrogen-bond acceptors (Lipinski definition) is 4. The molecule has 2 heterocycles. The first-order valence-corrected chi connectivity index (χ1v) is 6.80. The number of nitrogens with zero attached hydrogens (tertiary/aromatic N) is 2. The second-order valence-corrected chi connectivity index (χ2v) is 5.31. The third-order valence-electron chi connectivity index (χ3n) is 3.99. The van der Waals surface area contributed by atoms with E-state index >= 15 is 0 Å². The van der Waals surface area contributed by atoms with Crippen LogP contribution in [0.4, 0.5) is 0 Å². The van der Waals surface area contributed by atoms with Gasteiger partial charge in [-0.3, -0.25) is 23.9 Å². The third kappa shape index (κ3) is 1.43. The van der Waals surface area contributed by atoms with Crippen LogP contribution in [-0.2, 0) is 0 Å². The van der Waals surface area contributed by atoms with E-state index in [1.54, 1.807) is 31.2 Å². The van der Waals surface area contributed by atoms with Crippen molar-refractivity contribution in [2.75, 3.05) is 0 Å². The Hall–Kier alpha value is -3.02. The Kier molecular flexibility index (Phi) is 2.31. The standard InChI is InChI=1S/C16H11N3O3/c1-7-17-11-5-3-9-13-10(16(22)18-15(9)21)4-6-12(14(11)13)19(7)8(2)20/h3-6H,1-2H3,(H,18,21,22). The van der Waals surface area contributed by atoms with Crippen molar-refractivity contribution in [3.05, 3.63) is 50.8 Å². The topological polar surface area (TPSA) is 84.8 Å². The number of carbonyl (C=O) groups excluding carboxylic acids is 1. The van der Waals surface area contributed by atoms with Crippen LogP contribution in [-0.4, -0.2) is 20.4 Å². The van der Waals surface area contributed by atoms with E-state index < -0.39 is 11.1 Å². The fourth-order valence-electron chi connectivity index (χ4n) is 3.15. The number of hydrogen-bond donors (Lipinski definition) is 1. The lowest BCUT2D eigenvalue weighted by Crippen LogP contribution is -2.20. The largest absolute Gasteiger partial charge is 0.288 e. The number of aromatic nitrogens is 3. The molecule has 2 aromatic heterocycles. The maximum Gasteiger partial charge on any atom is 0.258 e. The van der Waals surface area contributed by atoms with Crippen molar-refractivity contribution in [2.45, 2.75) is 13.8 Å². The Labute approximate surface area is 123 Å². The molecule has 4 aromatic rings. The van der Waals surface area contributed by atoms with Crippen LogP contribution < -0.4 is 11.1 Å². The molecule has 4 rings (SSSR count). The highest BCUT2D eigenvalue weighted by Gasteiger charge is 2.17. The summed E-state index contributed by atoms with van der Waals surface area (Å²) < 4.78 is 1.49. The van der Waals surface area contributed by atoms with Gasteiger partial charge in [0.15, 0.2) is 0 Å². The molecular weight excluding hydrogens is 282 g/mol. The molecule has 0 amide bonds. The van der Waals surface area contributed by atoms with E-state index in [1.807, 2.05) is 0 Å². The predicted octanol–water partition coefficient (Wildman–Crippen LogP) is 1.80. The molecule has 0 unspecified atom stereocenters. The van der Waals surface area contributed by atoms with Gasteiger partial charge in [0.2, 0.25) is 5.91 Å². The lowest BCUT2D eigenvalue weighted by atomic mass is 10.0. The van der Waals surface area contributed by atoms with Crippen LogP contribution in [0, 0.1) is 6.92 Å². The number of H-pyrrole nitrogens is 1. The molecule has 0 saturated carbocycles. The first-order valence-electron chi connectivity index (χ1n) is 6.80. The lowest BCUT2D eigenvalue weighted by molar-refractivity contribution is 0.0938. The Bertz CT molecular complexity index is 1170. The van der Waals surface area contributed by atoms with E-state index in [9.17, 15) is 14.4 Å². The molecule has 6 nitrogen and oxygen atoms in total. The zero-order chi connectivity index (χ0) is 15.6. The van der Waals surface area contributed by atoms with Crippen LogP contribution in [0.2, 0.25) is 0 Å². The molecule has 108 valence electrons. The molecule has 0 spiro atoms. The van der Waals surface area contributed by atoms with Gasteiger partial charge in [-0.15, -0.1) is 0 Å². The predicted molar refractivity (Wildman–Crippen MR) is 83.9 cm³/mol. The van der Waals surface area contributed by atoms with Crippen molar-refractivity contribution in [3.8, 4) is 0 Å². The van der Waals surface area contributed by atoms with Crippen molar-refractivity contribution in [1.29, 1.82) is 0 Å². The van der Waals surface area contributed by atoms with E-state index in [0.717, 1.165) is 0 Å². The normalized spacial score (nSPS) is 11.7. The zero-order valence-electron chi connectivity index (χ0n) is 11.9. The van der Waals surface area contributed by atoms with Crippen molar-refractivity contribution < 1.29 is 4.79 Å². The van der Waals surface area contributed by atoms with Gasteiger partial charge in [-0.25, -0.2) is 4.98 Å². The summed E-state index contributed by atoms with van der Waals surface area (Å²) in [6.07, 6.45) is 0. The summed E-state index contributed by atoms with van der Waals surface area (Å²) in [5.41, 5.74) is 0.454. The van der Waals surface area contributed by atoms with Gasteiger partial charge in [-0.1, -0.05) is 0 Å². The minimum atomic E-state index is -0.429. The van der Waals surface area contributed by atoms with Gasteiger partial charge >= 0.3 is 0 Å². The van der Waals surface area contributed by atoms with Crippen LogP contribution >= 0.6 is 0 Å². The Balaban J connectivity index is 2.46. The molecule has 0 saturated heterocycles. The van der Waals surface area contributed by atoms with Crippen molar-refractivity contribution in [2.24, 2.45) is 0 Å². The monoisotopic (exact) mass is 293 g/mol. The van der Waals surface area contributed by atoms with E-state index in [2.05, 4.69) is 9.97 Å². The van der Waals surface area contributed by atoms with Crippen LogP contribution in [0.1, 0.15) is 17.5 Å². The second kappa shape index (κ2) is 4.00. The summed E-state index contributed by atoms with van der Waals surface area (Å²) in [5.74, 6) is 0.397. The summed E-state index contributed by atoms with van der Waals surface area (Å²) in [6, 6.07) is 6.76. The third-order valence-corrected chi connectivity index (χ3v) is 3.99. The second-order valence-electron chi connectivity index (χ2n) is 5.31. The first kappa shape index (κ1) is 12.7. The van der Waals surface area contributed by atoms with E-state index in [4.69, 9.17) is 0 Å². The zero-order valence-corrected chi connectivity index (χ0v) is 11.9. The molecule has 0 bridgehead atoms. The molecule has 0 aliphatic carbocycles. The molecule has 6 heteroatoms. The van der Waals surface area contributed by atoms with Crippen LogP contribution in [0.5, 0.6) is 0 Å². The average molecular weight is 293 g/mol. The van der Waals surface area contributed by atoms with E-state index in [1.165, 1.54) is 11.5 Å². The Morgan fingerprint density at radius 3 is 2.32 bits per heavy atom. The van der Waals surface area contributed by atoms with Crippen LogP contribution in [0.25, 0.3) is 32.6 Å². The van der Waals surface area contributed by atoms with Crippen molar-refractivity contribution in [3.63, 3.8) is 0 Å². The smallest absolute Gasteiger partial charge is 0.258 e. The fourth-order valence-corrected chi connectivity index (χ4v) is 3.15. The SMILES string of the molecule is CC(=O)n1c(C)nc2ccc3c(=O)[nH]c(=O)c4ccc1c2c34. The van der Waals surface area contributed by atoms with Crippen LogP contribution in [0.3, 0.4) is 0 Å². The van der Waals surface area contributed by atoms with Gasteiger partial charge in [-0.05, 0) is 31.2 Å². The highest BCUT2D eigenvalue weighted by Crippen LogP contribution is 2.31. The minimum absolute atomic E-state index is 0.167. The molecule has 0 aliphatic rings. The molecular formula is C16H11N3O3. The van der Waals surface area contributed by atoms with Gasteiger partial charge < -0.3 is 0 Å². The van der Waals surface area contributed by atoms with E-state index in [0.29, 0.717) is 38.4 Å². The number of aryl methyl sites for hydroxylation is 1. The van der Waals surface area contributed by atoms with Gasteiger partial charge in [0, 0.05) is 28.5 Å². The summed E-state index contributed by atoms with van der Waals surface area (Å²) in [6.45, 7) is 3.21. The highest BCUT2D eigenvalue weighted by molar-refractivity contribution is 6.21. The molecule has 1 N–H and O–H groups in total. The van der Waals surface area contributed by atoms with Gasteiger partial charge in [0.25, 0.3) is 11.1 Å². The maximum atomic E-state index is 12.0. The number of benzene rings is 2. The van der Waals surface area contributed by atoms with Gasteiger partial charge in [-0.2, -0.15) is 0 Å². The quantitative estimate of drug-likeness (QED) is 0.501. The lowest BCUT2D eigenvalue weighted by Gasteiger charge is -2.15. The fraction of sp³-hybridized carbons (Fsp3) is 0.125. The molecule has 2 aromatic carbocycles. The molecule has 0 fully saturated rings. The van der Waals surface area contributed by atoms with Crippen LogP contribution in [0.15, 0.2) is 33.9 Å². The van der Waals surface area contributed by atoms with Crippen molar-refractivity contribution >= 4 is 38.5 Å². The van der Waals surface area contributed by atoms with Gasteiger partial charge in [0.1, 0.15) is 5.82 Å². The number of pyridine rings is 1. The molecule has 0 radical (unpaired) electrons. The number of rotatable bonds is 0. The van der Waals surface area contributed by atoms with Crippen molar-refractivity contribution in [1.82, 2.24) is 14.5 Å². The number of nitrogens with one attached hydrogen (secondary N) is 1. The summed E-state index contributed by atoms with van der Waals surface area (Å²) in [5, 5.41) is 2.08. The first-order chi connectivity index (χ1) is 10.5. The highest BCUT2D eigenvalue weighted by atomic mass is 16.2. The molecule has 0 aliphatic heterocycles. The van der Waals surface area contributed by atoms with Gasteiger partial charge in [0.05, 0.1) is 11.0 Å². The number of carbonyl (C=O) groups is 1. The Morgan fingerprint density at radius 1 is 1.05 bits per heavy atom. The summed E-state index contributed by atoms with van der Waals surface area (Å²) in [7, 11) is 0. The number of aromatic amines is 1. The minimum Gasteiger partial charge on any atom is -0.288 e. The molecule has 0 atom stereocenters. The average Bonchev–Trinajstić information content (AvgIpc) is 2.45. The Morgan fingerprint density at radius 2 is 1.68 bits per heavy atom. The maximum absolute atomic E-state index is 12.0. The molecule has 22 heavy (non-hydrogen) atoms. The van der Waals surface area contributed by atoms with E-state index in [-0.39, 0.29) is 5.91 Å². The summed E-state index contributed by atoms with van der Waals surface area (Å²) in [4.78, 5) is 42.8.